The Kier molecular flexibility index (Phi) is 4.37. The fourth-order valence-electron chi connectivity index (χ4n) is 1.86. The van der Waals surface area contributed by atoms with E-state index in [1.165, 1.54) is 6.20 Å². The number of para-hydroxylation sites is 1. The number of aromatic nitrogens is 1. The second kappa shape index (κ2) is 6.03. The minimum Gasteiger partial charge on any atom is -0.389 e. The lowest BCUT2D eigenvalue weighted by Crippen LogP contribution is -2.15. The normalized spacial score (nSPS) is 12.0. The summed E-state index contributed by atoms with van der Waals surface area (Å²) in [6.45, 7) is 3.45. The zero-order valence-corrected chi connectivity index (χ0v) is 12.0. The molecule has 1 amide bonds. The van der Waals surface area contributed by atoms with Crippen molar-refractivity contribution in [3.8, 4) is 0 Å². The van der Waals surface area contributed by atoms with E-state index >= 15 is 0 Å². The number of rotatable bonds is 3. The molecule has 1 aromatic carbocycles. The highest BCUT2D eigenvalue weighted by Gasteiger charge is 2.14. The molecule has 0 aliphatic heterocycles. The van der Waals surface area contributed by atoms with Crippen molar-refractivity contribution in [3.63, 3.8) is 0 Å². The van der Waals surface area contributed by atoms with E-state index in [4.69, 9.17) is 11.6 Å². The fourth-order valence-corrected chi connectivity index (χ4v) is 2.15. The van der Waals surface area contributed by atoms with Crippen LogP contribution in [0.15, 0.2) is 36.5 Å². The van der Waals surface area contributed by atoms with Crippen molar-refractivity contribution in [2.24, 2.45) is 0 Å². The quantitative estimate of drug-likeness (QED) is 0.911. The molecule has 2 aromatic rings. The first-order valence-corrected chi connectivity index (χ1v) is 6.57. The zero-order valence-electron chi connectivity index (χ0n) is 11.2. The van der Waals surface area contributed by atoms with Gasteiger partial charge in [0.05, 0.1) is 16.7 Å². The van der Waals surface area contributed by atoms with Crippen LogP contribution in [-0.4, -0.2) is 16.0 Å². The van der Waals surface area contributed by atoms with E-state index in [9.17, 15) is 9.90 Å². The molecule has 2 N–H and O–H groups in total. The number of hydrogen-bond acceptors (Lipinski definition) is 3. The van der Waals surface area contributed by atoms with Gasteiger partial charge in [0.25, 0.3) is 5.91 Å². The van der Waals surface area contributed by atoms with Gasteiger partial charge < -0.3 is 10.4 Å². The van der Waals surface area contributed by atoms with Crippen molar-refractivity contribution in [3.05, 3.63) is 58.4 Å². The summed E-state index contributed by atoms with van der Waals surface area (Å²) in [5, 5.41) is 12.8. The Morgan fingerprint density at radius 3 is 2.75 bits per heavy atom. The lowest BCUT2D eigenvalue weighted by atomic mass is 10.1. The second-order valence-electron chi connectivity index (χ2n) is 4.52. The largest absolute Gasteiger partial charge is 0.389 e. The van der Waals surface area contributed by atoms with Crippen LogP contribution in [0.3, 0.4) is 0 Å². The molecule has 0 bridgehead atoms. The summed E-state index contributed by atoms with van der Waals surface area (Å²) in [4.78, 5) is 16.3. The highest BCUT2D eigenvalue weighted by molar-refractivity contribution is 6.34. The standard InChI is InChI=1S/C15H15ClN2O2/c1-9-7-13(16)12(8-17-9)15(20)18-14-6-4-3-5-11(14)10(2)19/h3-8,10,19H,1-2H3,(H,18,20). The summed E-state index contributed by atoms with van der Waals surface area (Å²) >= 11 is 6.04. The number of pyridine rings is 1. The maximum absolute atomic E-state index is 12.2. The van der Waals surface area contributed by atoms with Crippen molar-refractivity contribution in [1.82, 2.24) is 4.98 Å². The van der Waals surface area contributed by atoms with Crippen LogP contribution in [0.4, 0.5) is 5.69 Å². The lowest BCUT2D eigenvalue weighted by Gasteiger charge is -2.13. The number of aliphatic hydroxyl groups excluding tert-OH is 1. The average molecular weight is 291 g/mol. The topological polar surface area (TPSA) is 62.2 Å². The molecule has 0 spiro atoms. The van der Waals surface area contributed by atoms with Gasteiger partial charge >= 0.3 is 0 Å². The Labute approximate surface area is 122 Å². The number of carbonyl (C=O) groups excluding carboxylic acids is 1. The van der Waals surface area contributed by atoms with E-state index in [2.05, 4.69) is 10.3 Å². The molecule has 0 radical (unpaired) electrons. The van der Waals surface area contributed by atoms with Gasteiger partial charge in [0.2, 0.25) is 0 Å². The average Bonchev–Trinajstić information content (AvgIpc) is 2.38. The Morgan fingerprint density at radius 2 is 2.10 bits per heavy atom. The molecule has 1 heterocycles. The first-order valence-electron chi connectivity index (χ1n) is 6.19. The summed E-state index contributed by atoms with van der Waals surface area (Å²) in [6.07, 6.45) is 0.774. The highest BCUT2D eigenvalue weighted by atomic mass is 35.5. The number of nitrogens with one attached hydrogen (secondary N) is 1. The number of benzene rings is 1. The monoisotopic (exact) mass is 290 g/mol. The number of amides is 1. The van der Waals surface area contributed by atoms with E-state index in [0.717, 1.165) is 5.69 Å². The van der Waals surface area contributed by atoms with Gasteiger partial charge in [-0.3, -0.25) is 9.78 Å². The maximum atomic E-state index is 12.2. The van der Waals surface area contributed by atoms with Crippen molar-refractivity contribution >= 4 is 23.2 Å². The number of anilines is 1. The summed E-state index contributed by atoms with van der Waals surface area (Å²) < 4.78 is 0. The van der Waals surface area contributed by atoms with Gasteiger partial charge in [0, 0.05) is 23.1 Å². The van der Waals surface area contributed by atoms with Gasteiger partial charge in [0.1, 0.15) is 0 Å². The molecule has 4 nitrogen and oxygen atoms in total. The molecule has 20 heavy (non-hydrogen) atoms. The summed E-state index contributed by atoms with van der Waals surface area (Å²) in [5.41, 5.74) is 2.26. The number of hydrogen-bond donors (Lipinski definition) is 2. The Hall–Kier alpha value is -1.91. The first kappa shape index (κ1) is 14.5. The van der Waals surface area contributed by atoms with Crippen LogP contribution in [0.25, 0.3) is 0 Å². The first-order chi connectivity index (χ1) is 9.49. The Balaban J connectivity index is 2.28. The summed E-state index contributed by atoms with van der Waals surface area (Å²) in [6, 6.07) is 8.72. The van der Waals surface area contributed by atoms with Crippen LogP contribution in [0.2, 0.25) is 5.02 Å². The molecule has 1 unspecified atom stereocenters. The number of nitrogens with zero attached hydrogens (tertiary/aromatic N) is 1. The smallest absolute Gasteiger partial charge is 0.258 e. The molecule has 1 atom stereocenters. The third kappa shape index (κ3) is 3.15. The van der Waals surface area contributed by atoms with E-state index < -0.39 is 6.10 Å². The van der Waals surface area contributed by atoms with Gasteiger partial charge in [-0.25, -0.2) is 0 Å². The third-order valence-corrected chi connectivity index (χ3v) is 3.21. The molecule has 104 valence electrons. The van der Waals surface area contributed by atoms with Crippen LogP contribution >= 0.6 is 11.6 Å². The van der Waals surface area contributed by atoms with E-state index in [0.29, 0.717) is 21.8 Å². The van der Waals surface area contributed by atoms with Gasteiger partial charge in [-0.05, 0) is 26.0 Å². The molecule has 1 aromatic heterocycles. The third-order valence-electron chi connectivity index (χ3n) is 2.89. The van der Waals surface area contributed by atoms with Gasteiger partial charge in [-0.15, -0.1) is 0 Å². The number of halogens is 1. The molecule has 0 aliphatic carbocycles. The Morgan fingerprint density at radius 1 is 1.40 bits per heavy atom. The van der Waals surface area contributed by atoms with Crippen molar-refractivity contribution in [2.75, 3.05) is 5.32 Å². The van der Waals surface area contributed by atoms with Gasteiger partial charge in [-0.2, -0.15) is 0 Å². The minimum atomic E-state index is -0.668. The number of aryl methyl sites for hydroxylation is 1. The molecular weight excluding hydrogens is 276 g/mol. The van der Waals surface area contributed by atoms with Gasteiger partial charge in [0.15, 0.2) is 0 Å². The molecular formula is C15H15ClN2O2. The Bertz CT molecular complexity index is 642. The van der Waals surface area contributed by atoms with Gasteiger partial charge in [-0.1, -0.05) is 29.8 Å². The molecule has 0 saturated heterocycles. The number of carbonyl (C=O) groups is 1. The van der Waals surface area contributed by atoms with E-state index in [-0.39, 0.29) is 5.91 Å². The van der Waals surface area contributed by atoms with Crippen molar-refractivity contribution in [1.29, 1.82) is 0 Å². The molecule has 0 saturated carbocycles. The lowest BCUT2D eigenvalue weighted by molar-refractivity contribution is 0.102. The summed E-state index contributed by atoms with van der Waals surface area (Å²) in [5.74, 6) is -0.351. The molecule has 0 fully saturated rings. The molecule has 2 rings (SSSR count). The zero-order chi connectivity index (χ0) is 14.7. The van der Waals surface area contributed by atoms with Crippen molar-refractivity contribution < 1.29 is 9.90 Å². The van der Waals surface area contributed by atoms with E-state index in [1.54, 1.807) is 44.2 Å². The molecule has 5 heteroatoms. The fraction of sp³-hybridized carbons (Fsp3) is 0.200. The SMILES string of the molecule is Cc1cc(Cl)c(C(=O)Nc2ccccc2C(C)O)cn1. The highest BCUT2D eigenvalue weighted by Crippen LogP contribution is 2.24. The van der Waals surface area contributed by atoms with Crippen LogP contribution in [0, 0.1) is 6.92 Å². The minimum absolute atomic E-state index is 0.303. The van der Waals surface area contributed by atoms with Crippen LogP contribution in [-0.2, 0) is 0 Å². The van der Waals surface area contributed by atoms with Crippen LogP contribution < -0.4 is 5.32 Å². The van der Waals surface area contributed by atoms with Crippen LogP contribution in [0.5, 0.6) is 0 Å². The summed E-state index contributed by atoms with van der Waals surface area (Å²) in [7, 11) is 0. The van der Waals surface area contributed by atoms with Crippen LogP contribution in [0.1, 0.15) is 34.6 Å². The molecule has 0 aliphatic rings. The maximum Gasteiger partial charge on any atom is 0.258 e. The predicted molar refractivity (Wildman–Crippen MR) is 79.0 cm³/mol. The van der Waals surface area contributed by atoms with E-state index in [1.807, 2.05) is 0 Å². The second-order valence-corrected chi connectivity index (χ2v) is 4.93. The van der Waals surface area contributed by atoms with Crippen molar-refractivity contribution in [2.45, 2.75) is 20.0 Å². The predicted octanol–water partition coefficient (Wildman–Crippen LogP) is 3.35. The number of aliphatic hydroxyl groups is 1.